The van der Waals surface area contributed by atoms with E-state index in [0.29, 0.717) is 11.4 Å². The topological polar surface area (TPSA) is 61.2 Å². The summed E-state index contributed by atoms with van der Waals surface area (Å²) in [6.45, 7) is 0.807. The number of carbonyl (C=O) groups excluding carboxylic acids is 2. The highest BCUT2D eigenvalue weighted by molar-refractivity contribution is 6.33. The van der Waals surface area contributed by atoms with E-state index in [1.807, 2.05) is 6.07 Å². The van der Waals surface area contributed by atoms with Crippen molar-refractivity contribution in [2.75, 3.05) is 6.61 Å². The second-order valence-corrected chi connectivity index (χ2v) is 5.98. The molecule has 138 valence electrons. The number of nitrogens with zero attached hydrogens (tertiary/aromatic N) is 2. The molecular formula is C19H13ClF2N2O3. The van der Waals surface area contributed by atoms with Gasteiger partial charge in [0, 0.05) is 0 Å². The fourth-order valence-corrected chi connectivity index (χ4v) is 2.81. The molecule has 3 aromatic rings. The maximum absolute atomic E-state index is 13.6. The Labute approximate surface area is 158 Å². The number of aromatic nitrogens is 2. The Morgan fingerprint density at radius 1 is 1.15 bits per heavy atom. The summed E-state index contributed by atoms with van der Waals surface area (Å²) in [6.07, 6.45) is 0. The first-order chi connectivity index (χ1) is 12.9. The number of Topliss-reactive ketones (excluding diaryl/α,β-unsaturated/α-hetero) is 1. The number of ketones is 1. The molecule has 1 aromatic heterocycles. The predicted octanol–water partition coefficient (Wildman–Crippen LogP) is 4.15. The second-order valence-electron chi connectivity index (χ2n) is 5.62. The Morgan fingerprint density at radius 2 is 1.85 bits per heavy atom. The lowest BCUT2D eigenvalue weighted by molar-refractivity contribution is 0.0473. The van der Waals surface area contributed by atoms with Gasteiger partial charge >= 0.3 is 5.97 Å². The number of aryl methyl sites for hydroxylation is 1. The molecule has 0 fully saturated rings. The van der Waals surface area contributed by atoms with E-state index in [4.69, 9.17) is 16.3 Å². The molecule has 0 saturated carbocycles. The van der Waals surface area contributed by atoms with E-state index >= 15 is 0 Å². The van der Waals surface area contributed by atoms with Crippen LogP contribution in [0.25, 0.3) is 5.69 Å². The Morgan fingerprint density at radius 3 is 2.56 bits per heavy atom. The van der Waals surface area contributed by atoms with Gasteiger partial charge in [-0.05, 0) is 37.3 Å². The van der Waals surface area contributed by atoms with E-state index in [1.165, 1.54) is 4.68 Å². The van der Waals surface area contributed by atoms with Crippen LogP contribution in [0.4, 0.5) is 8.78 Å². The lowest BCUT2D eigenvalue weighted by atomic mass is 10.1. The van der Waals surface area contributed by atoms with Crippen molar-refractivity contribution >= 4 is 23.4 Å². The molecule has 0 saturated heterocycles. The highest BCUT2D eigenvalue weighted by Gasteiger charge is 2.24. The SMILES string of the molecule is Cc1nn(-c2ccccc2)c(Cl)c1C(=O)OCC(=O)c1cc(F)ccc1F. The van der Waals surface area contributed by atoms with Crippen LogP contribution >= 0.6 is 11.6 Å². The van der Waals surface area contributed by atoms with Crippen molar-refractivity contribution in [3.05, 3.63) is 82.1 Å². The molecule has 2 aromatic carbocycles. The number of hydrogen-bond donors (Lipinski definition) is 0. The van der Waals surface area contributed by atoms with Crippen LogP contribution in [0.5, 0.6) is 0 Å². The summed E-state index contributed by atoms with van der Waals surface area (Å²) >= 11 is 6.24. The zero-order chi connectivity index (χ0) is 19.6. The van der Waals surface area contributed by atoms with E-state index in [-0.39, 0.29) is 10.7 Å². The van der Waals surface area contributed by atoms with Crippen LogP contribution in [-0.4, -0.2) is 28.1 Å². The zero-order valence-electron chi connectivity index (χ0n) is 14.1. The van der Waals surface area contributed by atoms with Crippen molar-refractivity contribution < 1.29 is 23.1 Å². The van der Waals surface area contributed by atoms with Gasteiger partial charge in [0.15, 0.2) is 6.61 Å². The minimum atomic E-state index is -0.899. The molecule has 0 aliphatic rings. The molecule has 0 spiro atoms. The zero-order valence-corrected chi connectivity index (χ0v) is 14.8. The highest BCUT2D eigenvalue weighted by atomic mass is 35.5. The van der Waals surface area contributed by atoms with Crippen LogP contribution in [0.1, 0.15) is 26.4 Å². The van der Waals surface area contributed by atoms with Crippen molar-refractivity contribution in [3.8, 4) is 5.69 Å². The first kappa shape index (κ1) is 18.7. The summed E-state index contributed by atoms with van der Waals surface area (Å²) in [7, 11) is 0. The fraction of sp³-hybridized carbons (Fsp3) is 0.105. The Hall–Kier alpha value is -3.06. The maximum Gasteiger partial charge on any atom is 0.343 e. The third kappa shape index (κ3) is 3.88. The molecule has 0 radical (unpaired) electrons. The number of halogens is 3. The van der Waals surface area contributed by atoms with Gasteiger partial charge in [0.05, 0.1) is 16.9 Å². The van der Waals surface area contributed by atoms with Gasteiger partial charge in [-0.25, -0.2) is 18.3 Å². The molecule has 0 amide bonds. The van der Waals surface area contributed by atoms with Gasteiger partial charge in [-0.3, -0.25) is 4.79 Å². The highest BCUT2D eigenvalue weighted by Crippen LogP contribution is 2.24. The molecule has 0 N–H and O–H groups in total. The number of carbonyl (C=O) groups is 2. The quantitative estimate of drug-likeness (QED) is 0.485. The summed E-state index contributed by atoms with van der Waals surface area (Å²) in [5.74, 6) is -3.42. The number of benzene rings is 2. The number of hydrogen-bond acceptors (Lipinski definition) is 4. The maximum atomic E-state index is 13.6. The fourth-order valence-electron chi connectivity index (χ4n) is 2.46. The van der Waals surface area contributed by atoms with Gasteiger partial charge in [-0.1, -0.05) is 29.8 Å². The monoisotopic (exact) mass is 390 g/mol. The molecule has 1 heterocycles. The van der Waals surface area contributed by atoms with Crippen molar-refractivity contribution in [2.45, 2.75) is 6.92 Å². The van der Waals surface area contributed by atoms with Crippen LogP contribution in [0.15, 0.2) is 48.5 Å². The van der Waals surface area contributed by atoms with Crippen LogP contribution in [0, 0.1) is 18.6 Å². The minimum Gasteiger partial charge on any atom is -0.454 e. The summed E-state index contributed by atoms with van der Waals surface area (Å²) in [5, 5.41) is 4.22. The van der Waals surface area contributed by atoms with Crippen LogP contribution in [0.2, 0.25) is 5.15 Å². The van der Waals surface area contributed by atoms with Gasteiger partial charge in [0.1, 0.15) is 22.4 Å². The van der Waals surface area contributed by atoms with Crippen molar-refractivity contribution in [1.29, 1.82) is 0 Å². The lowest BCUT2D eigenvalue weighted by Crippen LogP contribution is -2.16. The lowest BCUT2D eigenvalue weighted by Gasteiger charge is -2.06. The molecule has 0 atom stereocenters. The van der Waals surface area contributed by atoms with Crippen molar-refractivity contribution in [1.82, 2.24) is 9.78 Å². The predicted molar refractivity (Wildman–Crippen MR) is 94.3 cm³/mol. The second kappa shape index (κ2) is 7.67. The van der Waals surface area contributed by atoms with Gasteiger partial charge < -0.3 is 4.74 Å². The standard InChI is InChI=1S/C19H13ClF2N2O3/c1-11-17(18(20)24(23-11)13-5-3-2-4-6-13)19(26)27-10-16(25)14-9-12(21)7-8-15(14)22/h2-9H,10H2,1H3. The van der Waals surface area contributed by atoms with Crippen molar-refractivity contribution in [2.24, 2.45) is 0 Å². The molecule has 3 rings (SSSR count). The number of rotatable bonds is 5. The molecule has 8 heteroatoms. The normalized spacial score (nSPS) is 10.7. The minimum absolute atomic E-state index is 0.00645. The summed E-state index contributed by atoms with van der Waals surface area (Å²) in [4.78, 5) is 24.4. The largest absolute Gasteiger partial charge is 0.454 e. The van der Waals surface area contributed by atoms with Crippen LogP contribution in [0.3, 0.4) is 0 Å². The third-order valence-corrected chi connectivity index (χ3v) is 4.12. The summed E-state index contributed by atoms with van der Waals surface area (Å²) < 4.78 is 33.1. The van der Waals surface area contributed by atoms with Crippen LogP contribution in [-0.2, 0) is 4.74 Å². The molecule has 0 bridgehead atoms. The Bertz CT molecular complexity index is 1020. The van der Waals surface area contributed by atoms with Crippen molar-refractivity contribution in [3.63, 3.8) is 0 Å². The Kier molecular flexibility index (Phi) is 5.32. The molecular weight excluding hydrogens is 378 g/mol. The summed E-state index contributed by atoms with van der Waals surface area (Å²) in [5.41, 5.74) is 0.444. The first-order valence-electron chi connectivity index (χ1n) is 7.84. The third-order valence-electron chi connectivity index (χ3n) is 3.77. The van der Waals surface area contributed by atoms with E-state index < -0.39 is 35.6 Å². The average molecular weight is 391 g/mol. The molecule has 0 unspecified atom stereocenters. The van der Waals surface area contributed by atoms with Crippen LogP contribution < -0.4 is 0 Å². The van der Waals surface area contributed by atoms with E-state index in [0.717, 1.165) is 18.2 Å². The van der Waals surface area contributed by atoms with E-state index in [1.54, 1.807) is 31.2 Å². The molecule has 0 aliphatic heterocycles. The van der Waals surface area contributed by atoms with Gasteiger partial charge in [0.2, 0.25) is 5.78 Å². The first-order valence-corrected chi connectivity index (χ1v) is 8.22. The van der Waals surface area contributed by atoms with Gasteiger partial charge in [-0.15, -0.1) is 0 Å². The van der Waals surface area contributed by atoms with E-state index in [9.17, 15) is 18.4 Å². The molecule has 0 aliphatic carbocycles. The van der Waals surface area contributed by atoms with Gasteiger partial charge in [-0.2, -0.15) is 5.10 Å². The smallest absolute Gasteiger partial charge is 0.343 e. The molecule has 27 heavy (non-hydrogen) atoms. The van der Waals surface area contributed by atoms with E-state index in [2.05, 4.69) is 5.10 Å². The average Bonchev–Trinajstić information content (AvgIpc) is 2.96. The number of para-hydroxylation sites is 1. The number of esters is 1. The number of ether oxygens (including phenoxy) is 1. The molecule has 5 nitrogen and oxygen atoms in total. The summed E-state index contributed by atoms with van der Waals surface area (Å²) in [6, 6.07) is 11.4. The van der Waals surface area contributed by atoms with Gasteiger partial charge in [0.25, 0.3) is 0 Å². The Balaban J connectivity index is 1.78.